The Morgan fingerprint density at radius 2 is 2.00 bits per heavy atom. The van der Waals surface area contributed by atoms with Crippen LogP contribution >= 0.6 is 0 Å². The topological polar surface area (TPSA) is 88.6 Å². The van der Waals surface area contributed by atoms with Gasteiger partial charge in [-0.15, -0.1) is 0 Å². The van der Waals surface area contributed by atoms with Gasteiger partial charge in [0.05, 0.1) is 11.4 Å². The number of carbonyl (C=O) groups excluding carboxylic acids is 1. The maximum Gasteiger partial charge on any atom is 0.241 e. The monoisotopic (exact) mass is 388 g/mol. The van der Waals surface area contributed by atoms with Crippen LogP contribution in [-0.2, 0) is 27.8 Å². The lowest BCUT2D eigenvalue weighted by molar-refractivity contribution is -0.120. The average Bonchev–Trinajstić information content (AvgIpc) is 3.19. The predicted octanol–water partition coefficient (Wildman–Crippen LogP) is 1.49. The van der Waals surface area contributed by atoms with Crippen LogP contribution in [0.5, 0.6) is 0 Å². The Bertz CT molecular complexity index is 998. The molecule has 2 aliphatic rings. The molecule has 2 N–H and O–H groups in total. The number of amides is 1. The Hall–Kier alpha value is -2.16. The summed E-state index contributed by atoms with van der Waals surface area (Å²) in [5, 5.41) is 5.23. The lowest BCUT2D eigenvalue weighted by Gasteiger charge is -2.36. The van der Waals surface area contributed by atoms with Crippen molar-refractivity contribution >= 4 is 21.6 Å². The van der Waals surface area contributed by atoms with E-state index in [4.69, 9.17) is 5.14 Å². The van der Waals surface area contributed by atoms with Gasteiger partial charge in [-0.1, -0.05) is 0 Å². The smallest absolute Gasteiger partial charge is 0.241 e. The summed E-state index contributed by atoms with van der Waals surface area (Å²) >= 11 is 0. The van der Waals surface area contributed by atoms with E-state index in [1.807, 2.05) is 13.0 Å². The van der Waals surface area contributed by atoms with Gasteiger partial charge in [0.2, 0.25) is 15.9 Å². The zero-order valence-corrected chi connectivity index (χ0v) is 16.3. The Morgan fingerprint density at radius 3 is 2.74 bits per heavy atom. The van der Waals surface area contributed by atoms with Gasteiger partial charge in [-0.2, -0.15) is 0 Å². The van der Waals surface area contributed by atoms with Crippen LogP contribution in [-0.4, -0.2) is 42.9 Å². The van der Waals surface area contributed by atoms with E-state index in [9.17, 15) is 13.2 Å². The molecule has 1 aromatic carbocycles. The summed E-state index contributed by atoms with van der Waals surface area (Å²) in [6.07, 6.45) is 2.70. The highest BCUT2D eigenvalue weighted by Crippen LogP contribution is 2.34. The van der Waals surface area contributed by atoms with E-state index >= 15 is 0 Å². The van der Waals surface area contributed by atoms with E-state index in [1.165, 1.54) is 11.8 Å². The summed E-state index contributed by atoms with van der Waals surface area (Å²) in [6.45, 7) is 6.15. The molecular weight excluding hydrogens is 364 g/mol. The van der Waals surface area contributed by atoms with E-state index in [-0.39, 0.29) is 22.9 Å². The minimum Gasteiger partial charge on any atom is -0.349 e. The third-order valence-electron chi connectivity index (χ3n) is 5.67. The van der Waals surface area contributed by atoms with Gasteiger partial charge in [-0.3, -0.25) is 9.69 Å². The van der Waals surface area contributed by atoms with Gasteiger partial charge in [-0.05, 0) is 56.2 Å². The number of primary sulfonamides is 1. The fraction of sp³-hybridized carbons (Fsp3) is 0.421. The molecule has 1 amide bonds. The Morgan fingerprint density at radius 1 is 1.22 bits per heavy atom. The highest BCUT2D eigenvalue weighted by molar-refractivity contribution is 7.89. The van der Waals surface area contributed by atoms with E-state index in [2.05, 4.69) is 28.7 Å². The van der Waals surface area contributed by atoms with Crippen LogP contribution in [0.15, 0.2) is 41.4 Å². The standard InChI is InChI=1S/C19H24N4O3S/c1-13-10-15-11-16(27(20,25)26)5-6-18(15)23(13)19(24)12-22-9-8-21-7-3-4-17(21)14(22)2/h3-7,11,13-14H,8-10,12H2,1-2H3,(H2,20,25,26)/t13-,14-/m0/s1. The molecule has 27 heavy (non-hydrogen) atoms. The lowest BCUT2D eigenvalue weighted by atomic mass is 10.1. The Labute approximate surface area is 159 Å². The molecule has 0 spiro atoms. The highest BCUT2D eigenvalue weighted by Gasteiger charge is 2.34. The van der Waals surface area contributed by atoms with E-state index < -0.39 is 10.0 Å². The van der Waals surface area contributed by atoms with Crippen molar-refractivity contribution < 1.29 is 13.2 Å². The second kappa shape index (κ2) is 6.47. The van der Waals surface area contributed by atoms with Crippen molar-refractivity contribution in [1.82, 2.24) is 9.47 Å². The predicted molar refractivity (Wildman–Crippen MR) is 103 cm³/mol. The molecule has 3 heterocycles. The van der Waals surface area contributed by atoms with Gasteiger partial charge in [-0.25, -0.2) is 13.6 Å². The second-order valence-corrected chi connectivity index (χ2v) is 8.99. The number of hydrogen-bond acceptors (Lipinski definition) is 4. The van der Waals surface area contributed by atoms with Crippen molar-refractivity contribution in [3.05, 3.63) is 47.8 Å². The second-order valence-electron chi connectivity index (χ2n) is 7.43. The zero-order valence-electron chi connectivity index (χ0n) is 15.5. The number of anilines is 1. The van der Waals surface area contributed by atoms with Crippen LogP contribution in [0.1, 0.15) is 31.1 Å². The number of rotatable bonds is 3. The molecular formula is C19H24N4O3S. The fourth-order valence-corrected chi connectivity index (χ4v) is 4.82. The number of sulfonamides is 1. The highest BCUT2D eigenvalue weighted by atomic mass is 32.2. The van der Waals surface area contributed by atoms with Crippen LogP contribution in [0.4, 0.5) is 5.69 Å². The third-order valence-corrected chi connectivity index (χ3v) is 6.58. The van der Waals surface area contributed by atoms with Gasteiger partial charge in [0, 0.05) is 42.8 Å². The van der Waals surface area contributed by atoms with Gasteiger partial charge in [0.1, 0.15) is 0 Å². The minimum absolute atomic E-state index is 0.00723. The van der Waals surface area contributed by atoms with Crippen LogP contribution in [0.2, 0.25) is 0 Å². The van der Waals surface area contributed by atoms with Crippen molar-refractivity contribution in [3.63, 3.8) is 0 Å². The number of nitrogens with two attached hydrogens (primary N) is 1. The SMILES string of the molecule is C[C@H]1c2cccn2CCN1CC(=O)N1c2ccc(S(N)(=O)=O)cc2C[C@@H]1C. The Kier molecular flexibility index (Phi) is 4.37. The molecule has 7 nitrogen and oxygen atoms in total. The van der Waals surface area contributed by atoms with Gasteiger partial charge in [0.15, 0.2) is 0 Å². The van der Waals surface area contributed by atoms with E-state index in [0.29, 0.717) is 13.0 Å². The maximum absolute atomic E-state index is 13.1. The molecule has 144 valence electrons. The molecule has 0 aliphatic carbocycles. The zero-order chi connectivity index (χ0) is 19.3. The molecule has 4 rings (SSSR count). The average molecular weight is 388 g/mol. The molecule has 0 unspecified atom stereocenters. The molecule has 8 heteroatoms. The molecule has 2 atom stereocenters. The first-order valence-electron chi connectivity index (χ1n) is 9.12. The van der Waals surface area contributed by atoms with E-state index in [1.54, 1.807) is 17.0 Å². The Balaban J connectivity index is 1.55. The molecule has 0 bridgehead atoms. The molecule has 0 fully saturated rings. The fourth-order valence-electron chi connectivity index (χ4n) is 4.26. The number of fused-ring (bicyclic) bond motifs is 2. The van der Waals surface area contributed by atoms with Crippen molar-refractivity contribution in [2.75, 3.05) is 18.0 Å². The van der Waals surface area contributed by atoms with Gasteiger partial charge < -0.3 is 9.47 Å². The summed E-state index contributed by atoms with van der Waals surface area (Å²) in [5.41, 5.74) is 2.86. The number of benzene rings is 1. The number of aromatic nitrogens is 1. The van der Waals surface area contributed by atoms with Crippen LogP contribution in [0.25, 0.3) is 0 Å². The summed E-state index contributed by atoms with van der Waals surface area (Å²) in [5.74, 6) is 0.0384. The first-order chi connectivity index (χ1) is 12.8. The molecule has 1 aromatic heterocycles. The largest absolute Gasteiger partial charge is 0.349 e. The van der Waals surface area contributed by atoms with Gasteiger partial charge in [0.25, 0.3) is 0 Å². The van der Waals surface area contributed by atoms with Gasteiger partial charge >= 0.3 is 0 Å². The van der Waals surface area contributed by atoms with Crippen LogP contribution in [0.3, 0.4) is 0 Å². The summed E-state index contributed by atoms with van der Waals surface area (Å²) in [6, 6.07) is 9.07. The van der Waals surface area contributed by atoms with Crippen LogP contribution in [0, 0.1) is 0 Å². The molecule has 2 aliphatic heterocycles. The number of hydrogen-bond donors (Lipinski definition) is 1. The maximum atomic E-state index is 13.1. The molecule has 0 radical (unpaired) electrons. The van der Waals surface area contributed by atoms with E-state index in [0.717, 1.165) is 24.3 Å². The van der Waals surface area contributed by atoms with Crippen LogP contribution < -0.4 is 10.0 Å². The summed E-state index contributed by atoms with van der Waals surface area (Å²) in [4.78, 5) is 17.2. The first kappa shape index (κ1) is 18.2. The molecule has 0 saturated carbocycles. The number of nitrogens with zero attached hydrogens (tertiary/aromatic N) is 3. The minimum atomic E-state index is -3.75. The lowest BCUT2D eigenvalue weighted by Crippen LogP contribution is -2.46. The van der Waals surface area contributed by atoms with Crippen molar-refractivity contribution in [3.8, 4) is 0 Å². The quantitative estimate of drug-likeness (QED) is 0.863. The number of carbonyl (C=O) groups is 1. The molecule has 2 aromatic rings. The van der Waals surface area contributed by atoms with Crippen molar-refractivity contribution in [1.29, 1.82) is 0 Å². The third kappa shape index (κ3) is 3.18. The first-order valence-corrected chi connectivity index (χ1v) is 10.7. The molecule has 0 saturated heterocycles. The normalized spacial score (nSPS) is 22.6. The summed E-state index contributed by atoms with van der Waals surface area (Å²) in [7, 11) is -3.75. The van der Waals surface area contributed by atoms with Crippen molar-refractivity contribution in [2.45, 2.75) is 43.8 Å². The van der Waals surface area contributed by atoms with Crippen molar-refractivity contribution in [2.24, 2.45) is 5.14 Å². The summed E-state index contributed by atoms with van der Waals surface area (Å²) < 4.78 is 25.4.